The fraction of sp³-hybridized carbons (Fsp3) is 0. The Kier molecular flexibility index (Phi) is 3.08. The second-order valence-corrected chi connectivity index (χ2v) is 5.12. The lowest BCUT2D eigenvalue weighted by atomic mass is 10.1. The van der Waals surface area contributed by atoms with Crippen LogP contribution >= 0.6 is 24.4 Å². The second kappa shape index (κ2) is 4.77. The number of nitrogens with zero attached hydrogens (tertiary/aromatic N) is 1. The van der Waals surface area contributed by atoms with Crippen LogP contribution in [0.3, 0.4) is 0 Å². The number of aromatic carboxylic acids is 1. The topological polar surface area (TPSA) is 40.5 Å². The van der Waals surface area contributed by atoms with Gasteiger partial charge < -0.3 is 5.11 Å². The summed E-state index contributed by atoms with van der Waals surface area (Å²) in [5, 5.41) is 8.92. The number of rotatable bonds is 2. The molecule has 1 aliphatic heterocycles. The van der Waals surface area contributed by atoms with Gasteiger partial charge in [-0.05, 0) is 24.3 Å². The lowest BCUT2D eigenvalue weighted by Crippen LogP contribution is -2.27. The zero-order valence-electron chi connectivity index (χ0n) is 10.2. The Morgan fingerprint density at radius 1 is 0.900 bits per heavy atom. The molecule has 1 N–H and O–H groups in total. The van der Waals surface area contributed by atoms with E-state index in [1.807, 2.05) is 24.3 Å². The van der Waals surface area contributed by atoms with Crippen molar-refractivity contribution in [2.45, 2.75) is 0 Å². The molecule has 0 spiro atoms. The average Bonchev–Trinajstić information content (AvgIpc) is 2.72. The lowest BCUT2D eigenvalue weighted by Gasteiger charge is -2.18. The number of hydrogen-bond acceptors (Lipinski definition) is 3. The molecule has 1 aliphatic rings. The third kappa shape index (κ3) is 1.92. The molecule has 98 valence electrons. The number of carbonyl (C=O) groups is 1. The van der Waals surface area contributed by atoms with Gasteiger partial charge in [-0.3, -0.25) is 4.90 Å². The van der Waals surface area contributed by atoms with Crippen LogP contribution in [0.15, 0.2) is 48.5 Å². The standard InChI is InChI=1S/C15H9NO2S2/c17-15(18)9-5-7-10(8-6-9)16-13(19)11-3-1-2-4-12(11)14(16)20/h1-8H,(H,17,18). The molecule has 0 unspecified atom stereocenters. The first kappa shape index (κ1) is 12.9. The molecule has 1 heterocycles. The Balaban J connectivity index is 2.02. The summed E-state index contributed by atoms with van der Waals surface area (Å²) in [7, 11) is 0. The van der Waals surface area contributed by atoms with E-state index < -0.39 is 5.97 Å². The van der Waals surface area contributed by atoms with Crippen LogP contribution in [-0.2, 0) is 0 Å². The average molecular weight is 299 g/mol. The number of anilines is 1. The Hall–Kier alpha value is -2.11. The molecule has 0 aliphatic carbocycles. The summed E-state index contributed by atoms with van der Waals surface area (Å²) in [6, 6.07) is 14.3. The normalized spacial score (nSPS) is 13.5. The predicted octanol–water partition coefficient (Wildman–Crippen LogP) is 3.26. The van der Waals surface area contributed by atoms with E-state index in [2.05, 4.69) is 0 Å². The highest BCUT2D eigenvalue weighted by atomic mass is 32.1. The zero-order chi connectivity index (χ0) is 14.3. The minimum absolute atomic E-state index is 0.238. The van der Waals surface area contributed by atoms with Crippen molar-refractivity contribution in [1.29, 1.82) is 0 Å². The van der Waals surface area contributed by atoms with Crippen LogP contribution in [0.4, 0.5) is 5.69 Å². The number of thiocarbonyl (C=S) groups is 2. The number of carboxylic acids is 1. The third-order valence-electron chi connectivity index (χ3n) is 3.17. The molecular formula is C15H9NO2S2. The Morgan fingerprint density at radius 3 is 1.85 bits per heavy atom. The van der Waals surface area contributed by atoms with E-state index in [1.165, 1.54) is 0 Å². The summed E-state index contributed by atoms with van der Waals surface area (Å²) >= 11 is 10.9. The van der Waals surface area contributed by atoms with Gasteiger partial charge in [0.15, 0.2) is 0 Å². The van der Waals surface area contributed by atoms with Crippen molar-refractivity contribution in [3.8, 4) is 0 Å². The molecule has 5 heteroatoms. The fourth-order valence-electron chi connectivity index (χ4n) is 2.18. The van der Waals surface area contributed by atoms with Crippen molar-refractivity contribution in [3.05, 3.63) is 65.2 Å². The van der Waals surface area contributed by atoms with Gasteiger partial charge in [0.2, 0.25) is 0 Å². The molecule has 0 atom stereocenters. The molecule has 3 nitrogen and oxygen atoms in total. The van der Waals surface area contributed by atoms with Crippen molar-refractivity contribution in [3.63, 3.8) is 0 Å². The van der Waals surface area contributed by atoms with Crippen LogP contribution in [0.2, 0.25) is 0 Å². The molecule has 0 amide bonds. The van der Waals surface area contributed by atoms with Crippen molar-refractivity contribution < 1.29 is 9.90 Å². The van der Waals surface area contributed by atoms with Crippen molar-refractivity contribution >= 4 is 46.1 Å². The van der Waals surface area contributed by atoms with Crippen LogP contribution in [0.25, 0.3) is 0 Å². The SMILES string of the molecule is O=C(O)c1ccc(N2C(=S)c3ccccc3C2=S)cc1. The van der Waals surface area contributed by atoms with Crippen LogP contribution in [0.1, 0.15) is 21.5 Å². The molecule has 0 saturated carbocycles. The van der Waals surface area contributed by atoms with Gasteiger partial charge in [0.1, 0.15) is 9.98 Å². The minimum atomic E-state index is -0.952. The van der Waals surface area contributed by atoms with Crippen LogP contribution in [0, 0.1) is 0 Å². The smallest absolute Gasteiger partial charge is 0.335 e. The van der Waals surface area contributed by atoms with Gasteiger partial charge in [0.25, 0.3) is 0 Å². The Morgan fingerprint density at radius 2 is 1.40 bits per heavy atom. The van der Waals surface area contributed by atoms with E-state index in [0.717, 1.165) is 16.8 Å². The summed E-state index contributed by atoms with van der Waals surface area (Å²) in [5.41, 5.74) is 2.90. The van der Waals surface area contributed by atoms with Crippen LogP contribution < -0.4 is 4.90 Å². The van der Waals surface area contributed by atoms with Gasteiger partial charge in [0.05, 0.1) is 5.56 Å². The van der Waals surface area contributed by atoms with Crippen molar-refractivity contribution in [2.75, 3.05) is 4.90 Å². The number of hydrogen-bond donors (Lipinski definition) is 1. The first-order valence-electron chi connectivity index (χ1n) is 5.91. The Labute approximate surface area is 126 Å². The highest BCUT2D eigenvalue weighted by molar-refractivity contribution is 7.83. The molecule has 0 saturated heterocycles. The number of fused-ring (bicyclic) bond motifs is 1. The molecule has 3 rings (SSSR count). The summed E-state index contributed by atoms with van der Waals surface area (Å²) in [5.74, 6) is -0.952. The number of benzene rings is 2. The van der Waals surface area contributed by atoms with Gasteiger partial charge in [0, 0.05) is 16.8 Å². The Bertz CT molecular complexity index is 703. The monoisotopic (exact) mass is 299 g/mol. The summed E-state index contributed by atoms with van der Waals surface area (Å²) in [6.07, 6.45) is 0. The van der Waals surface area contributed by atoms with Gasteiger partial charge >= 0.3 is 5.97 Å². The summed E-state index contributed by atoms with van der Waals surface area (Å²) in [4.78, 5) is 14.0. The van der Waals surface area contributed by atoms with E-state index in [0.29, 0.717) is 9.98 Å². The lowest BCUT2D eigenvalue weighted by molar-refractivity contribution is 0.0697. The van der Waals surface area contributed by atoms with Crippen LogP contribution in [0.5, 0.6) is 0 Å². The number of carboxylic acid groups (broad SMARTS) is 1. The highest BCUT2D eigenvalue weighted by Crippen LogP contribution is 2.29. The van der Waals surface area contributed by atoms with Crippen molar-refractivity contribution in [2.24, 2.45) is 0 Å². The van der Waals surface area contributed by atoms with Gasteiger partial charge in [-0.15, -0.1) is 0 Å². The molecule has 0 radical (unpaired) electrons. The maximum Gasteiger partial charge on any atom is 0.335 e. The fourth-order valence-corrected chi connectivity index (χ4v) is 2.98. The largest absolute Gasteiger partial charge is 0.478 e. The second-order valence-electron chi connectivity index (χ2n) is 4.34. The molecule has 0 aromatic heterocycles. The van der Waals surface area contributed by atoms with E-state index in [4.69, 9.17) is 29.5 Å². The van der Waals surface area contributed by atoms with E-state index in [1.54, 1.807) is 29.2 Å². The molecule has 20 heavy (non-hydrogen) atoms. The molecule has 0 fully saturated rings. The molecule has 0 bridgehead atoms. The molecule has 2 aromatic carbocycles. The third-order valence-corrected chi connectivity index (χ3v) is 3.97. The van der Waals surface area contributed by atoms with Gasteiger partial charge in [-0.2, -0.15) is 0 Å². The van der Waals surface area contributed by atoms with E-state index in [-0.39, 0.29) is 5.56 Å². The molecule has 2 aromatic rings. The first-order valence-corrected chi connectivity index (χ1v) is 6.72. The minimum Gasteiger partial charge on any atom is -0.478 e. The zero-order valence-corrected chi connectivity index (χ0v) is 11.9. The van der Waals surface area contributed by atoms with E-state index in [9.17, 15) is 4.79 Å². The summed E-state index contributed by atoms with van der Waals surface area (Å²) in [6.45, 7) is 0. The molecular weight excluding hydrogens is 290 g/mol. The quantitative estimate of drug-likeness (QED) is 0.862. The van der Waals surface area contributed by atoms with Crippen molar-refractivity contribution in [1.82, 2.24) is 0 Å². The van der Waals surface area contributed by atoms with Gasteiger partial charge in [-0.1, -0.05) is 48.7 Å². The first-order chi connectivity index (χ1) is 9.59. The highest BCUT2D eigenvalue weighted by Gasteiger charge is 2.29. The van der Waals surface area contributed by atoms with Crippen LogP contribution in [-0.4, -0.2) is 21.1 Å². The maximum atomic E-state index is 10.9. The maximum absolute atomic E-state index is 10.9. The summed E-state index contributed by atoms with van der Waals surface area (Å²) < 4.78 is 0. The van der Waals surface area contributed by atoms with Gasteiger partial charge in [-0.25, -0.2) is 4.79 Å². The van der Waals surface area contributed by atoms with E-state index >= 15 is 0 Å². The predicted molar refractivity (Wildman–Crippen MR) is 85.7 cm³/mol.